The summed E-state index contributed by atoms with van der Waals surface area (Å²) in [6.07, 6.45) is 0. The molecule has 214 valence electrons. The summed E-state index contributed by atoms with van der Waals surface area (Å²) in [7, 11) is 0. The lowest BCUT2D eigenvalue weighted by Crippen LogP contribution is -2.61. The zero-order chi connectivity index (χ0) is 30.2. The SMILES string of the molecule is c1ccc(-c2ccc(N3c4ccccc4B4c5ccccc5N(c5ccc6oc7ccccc7c6c5)c5cccc3c54)cc2)cc1. The molecule has 4 heteroatoms. The highest BCUT2D eigenvalue weighted by Crippen LogP contribution is 2.44. The molecule has 0 spiro atoms. The first-order valence-electron chi connectivity index (χ1n) is 15.8. The quantitative estimate of drug-likeness (QED) is 0.192. The summed E-state index contributed by atoms with van der Waals surface area (Å²) in [5, 5.41) is 2.26. The second-order valence-corrected chi connectivity index (χ2v) is 12.1. The van der Waals surface area contributed by atoms with E-state index in [9.17, 15) is 0 Å². The Morgan fingerprint density at radius 1 is 0.391 bits per heavy atom. The van der Waals surface area contributed by atoms with Crippen LogP contribution in [0.4, 0.5) is 34.1 Å². The van der Waals surface area contributed by atoms with Crippen molar-refractivity contribution in [3.05, 3.63) is 164 Å². The molecule has 0 saturated carbocycles. The zero-order valence-electron chi connectivity index (χ0n) is 25.0. The lowest BCUT2D eigenvalue weighted by atomic mass is 9.33. The fourth-order valence-electron chi connectivity index (χ4n) is 7.68. The standard InChI is InChI=1S/C42H27BN2O/c1-2-11-28(12-3-1)29-21-23-30(24-22-29)44-36-16-7-5-14-34(36)43-35-15-6-8-17-37(35)45(39-19-10-18-38(44)42(39)43)31-25-26-41-33(27-31)32-13-4-9-20-40(32)46-41/h1-27H. The number of hydrogen-bond acceptors (Lipinski definition) is 3. The smallest absolute Gasteiger partial charge is 0.252 e. The lowest BCUT2D eigenvalue weighted by Gasteiger charge is -2.44. The third-order valence-corrected chi connectivity index (χ3v) is 9.66. The Morgan fingerprint density at radius 2 is 0.935 bits per heavy atom. The number of rotatable bonds is 3. The maximum atomic E-state index is 6.21. The summed E-state index contributed by atoms with van der Waals surface area (Å²) < 4.78 is 6.21. The van der Waals surface area contributed by atoms with E-state index in [2.05, 4.69) is 161 Å². The molecular formula is C42H27BN2O. The Hall–Kier alpha value is -6.00. The van der Waals surface area contributed by atoms with Gasteiger partial charge in [-0.2, -0.15) is 0 Å². The van der Waals surface area contributed by atoms with Gasteiger partial charge in [0.1, 0.15) is 11.2 Å². The summed E-state index contributed by atoms with van der Waals surface area (Å²) in [5.74, 6) is 0. The van der Waals surface area contributed by atoms with Crippen LogP contribution in [-0.2, 0) is 0 Å². The molecule has 1 aromatic heterocycles. The van der Waals surface area contributed by atoms with E-state index < -0.39 is 0 Å². The van der Waals surface area contributed by atoms with Crippen molar-refractivity contribution >= 4 is 79.2 Å². The van der Waals surface area contributed by atoms with Crippen molar-refractivity contribution in [1.82, 2.24) is 0 Å². The van der Waals surface area contributed by atoms with Crippen LogP contribution in [0.2, 0.25) is 0 Å². The molecule has 7 aromatic carbocycles. The van der Waals surface area contributed by atoms with Gasteiger partial charge in [0.25, 0.3) is 6.71 Å². The van der Waals surface area contributed by atoms with Crippen molar-refractivity contribution in [3.8, 4) is 11.1 Å². The molecule has 2 aliphatic heterocycles. The molecule has 2 aliphatic rings. The van der Waals surface area contributed by atoms with E-state index in [4.69, 9.17) is 4.42 Å². The van der Waals surface area contributed by atoms with Crippen molar-refractivity contribution in [2.24, 2.45) is 0 Å². The van der Waals surface area contributed by atoms with Gasteiger partial charge in [0.15, 0.2) is 0 Å². The molecule has 0 aliphatic carbocycles. The number of hydrogen-bond donors (Lipinski definition) is 0. The van der Waals surface area contributed by atoms with Crippen LogP contribution in [0.5, 0.6) is 0 Å². The minimum Gasteiger partial charge on any atom is -0.456 e. The summed E-state index contributed by atoms with van der Waals surface area (Å²) >= 11 is 0. The first kappa shape index (κ1) is 25.3. The van der Waals surface area contributed by atoms with E-state index in [0.29, 0.717) is 0 Å². The molecule has 0 saturated heterocycles. The monoisotopic (exact) mass is 586 g/mol. The maximum absolute atomic E-state index is 6.21. The molecule has 10 rings (SSSR count). The lowest BCUT2D eigenvalue weighted by molar-refractivity contribution is 0.669. The first-order chi connectivity index (χ1) is 22.8. The van der Waals surface area contributed by atoms with Crippen LogP contribution in [0.15, 0.2) is 168 Å². The molecule has 8 aromatic rings. The van der Waals surface area contributed by atoms with Crippen LogP contribution in [0, 0.1) is 0 Å². The molecule has 0 fully saturated rings. The van der Waals surface area contributed by atoms with Crippen LogP contribution < -0.4 is 26.2 Å². The molecule has 0 atom stereocenters. The number of anilines is 6. The minimum absolute atomic E-state index is 0.119. The molecule has 3 nitrogen and oxygen atoms in total. The van der Waals surface area contributed by atoms with Crippen LogP contribution in [0.1, 0.15) is 0 Å². The van der Waals surface area contributed by atoms with Crippen LogP contribution >= 0.6 is 0 Å². The van der Waals surface area contributed by atoms with E-state index >= 15 is 0 Å². The number of furan rings is 1. The predicted molar refractivity (Wildman–Crippen MR) is 193 cm³/mol. The Kier molecular flexibility index (Phi) is 5.37. The van der Waals surface area contributed by atoms with E-state index in [-0.39, 0.29) is 6.71 Å². The van der Waals surface area contributed by atoms with Crippen molar-refractivity contribution in [1.29, 1.82) is 0 Å². The molecule has 0 N–H and O–H groups in total. The number of benzene rings is 7. The van der Waals surface area contributed by atoms with Crippen molar-refractivity contribution in [2.75, 3.05) is 9.80 Å². The van der Waals surface area contributed by atoms with Crippen LogP contribution in [0.3, 0.4) is 0 Å². The fraction of sp³-hybridized carbons (Fsp3) is 0. The second kappa shape index (κ2) is 9.75. The van der Waals surface area contributed by atoms with E-state index in [0.717, 1.165) is 33.3 Å². The molecule has 0 bridgehead atoms. The topological polar surface area (TPSA) is 19.6 Å². The van der Waals surface area contributed by atoms with Gasteiger partial charge in [-0.05, 0) is 88.2 Å². The van der Waals surface area contributed by atoms with Crippen LogP contribution in [0.25, 0.3) is 33.1 Å². The Morgan fingerprint density at radius 3 is 1.67 bits per heavy atom. The van der Waals surface area contributed by atoms with Gasteiger partial charge < -0.3 is 14.2 Å². The zero-order valence-corrected chi connectivity index (χ0v) is 25.0. The van der Waals surface area contributed by atoms with E-state index in [1.807, 2.05) is 12.1 Å². The van der Waals surface area contributed by atoms with Gasteiger partial charge in [0.2, 0.25) is 0 Å². The van der Waals surface area contributed by atoms with E-state index in [1.54, 1.807) is 0 Å². The van der Waals surface area contributed by atoms with Gasteiger partial charge >= 0.3 is 0 Å². The minimum atomic E-state index is 0.119. The molecule has 46 heavy (non-hydrogen) atoms. The highest BCUT2D eigenvalue weighted by molar-refractivity contribution is 7.00. The van der Waals surface area contributed by atoms with Crippen molar-refractivity contribution < 1.29 is 4.42 Å². The van der Waals surface area contributed by atoms with Gasteiger partial charge in [-0.25, -0.2) is 0 Å². The first-order valence-corrected chi connectivity index (χ1v) is 15.8. The Labute approximate surface area is 267 Å². The highest BCUT2D eigenvalue weighted by atomic mass is 16.3. The molecule has 0 unspecified atom stereocenters. The largest absolute Gasteiger partial charge is 0.456 e. The van der Waals surface area contributed by atoms with Gasteiger partial charge in [-0.3, -0.25) is 0 Å². The number of fused-ring (bicyclic) bond motifs is 7. The van der Waals surface area contributed by atoms with Gasteiger partial charge in [0.05, 0.1) is 0 Å². The Bertz CT molecular complexity index is 2450. The highest BCUT2D eigenvalue weighted by Gasteiger charge is 2.42. The normalized spacial score (nSPS) is 13.1. The van der Waals surface area contributed by atoms with E-state index in [1.165, 1.54) is 50.3 Å². The third kappa shape index (κ3) is 3.61. The predicted octanol–water partition coefficient (Wildman–Crippen LogP) is 9.34. The number of nitrogens with zero attached hydrogens (tertiary/aromatic N) is 2. The summed E-state index contributed by atoms with van der Waals surface area (Å²) in [6.45, 7) is 0.119. The van der Waals surface area contributed by atoms with Gasteiger partial charge in [0, 0.05) is 44.9 Å². The molecule has 0 radical (unpaired) electrons. The molecule has 0 amide bonds. The van der Waals surface area contributed by atoms with Gasteiger partial charge in [-0.1, -0.05) is 103 Å². The van der Waals surface area contributed by atoms with Gasteiger partial charge in [-0.15, -0.1) is 0 Å². The maximum Gasteiger partial charge on any atom is 0.252 e. The van der Waals surface area contributed by atoms with Crippen molar-refractivity contribution in [2.45, 2.75) is 0 Å². The average Bonchev–Trinajstić information content (AvgIpc) is 3.50. The van der Waals surface area contributed by atoms with Crippen LogP contribution in [-0.4, -0.2) is 6.71 Å². The average molecular weight is 587 g/mol. The molecule has 3 heterocycles. The fourth-order valence-corrected chi connectivity index (χ4v) is 7.68. The van der Waals surface area contributed by atoms with Crippen molar-refractivity contribution in [3.63, 3.8) is 0 Å². The second-order valence-electron chi connectivity index (χ2n) is 12.1. The molecular weight excluding hydrogens is 559 g/mol. The third-order valence-electron chi connectivity index (χ3n) is 9.66. The number of para-hydroxylation sites is 3. The Balaban J connectivity index is 1.20. The summed E-state index contributed by atoms with van der Waals surface area (Å²) in [5.41, 5.74) is 15.3. The summed E-state index contributed by atoms with van der Waals surface area (Å²) in [6, 6.07) is 59.0. The summed E-state index contributed by atoms with van der Waals surface area (Å²) in [4.78, 5) is 4.88.